The molecule has 0 saturated carbocycles. The van der Waals surface area contributed by atoms with Gasteiger partial charge in [-0.25, -0.2) is 4.39 Å². The lowest BCUT2D eigenvalue weighted by Crippen LogP contribution is -2.50. The first-order chi connectivity index (χ1) is 24.6. The van der Waals surface area contributed by atoms with E-state index in [4.69, 9.17) is 30.3 Å². The molecule has 0 spiro atoms. The Kier molecular flexibility index (Phi) is 13.1. The molecule has 1 aliphatic heterocycles. The van der Waals surface area contributed by atoms with Crippen LogP contribution in [0.3, 0.4) is 0 Å². The number of rotatable bonds is 12. The molecule has 0 bridgehead atoms. The van der Waals surface area contributed by atoms with Crippen molar-refractivity contribution in [1.29, 1.82) is 0 Å². The molecule has 1 aliphatic rings. The average molecular weight is 721 g/mol. The van der Waals surface area contributed by atoms with E-state index < -0.39 is 54.7 Å². The minimum absolute atomic E-state index is 0.0848. The number of aliphatic hydroxyl groups is 3. The molecule has 6 N–H and O–H groups in total. The van der Waals surface area contributed by atoms with Crippen LogP contribution in [0.1, 0.15) is 39.2 Å². The van der Waals surface area contributed by atoms with Gasteiger partial charge in [0, 0.05) is 41.7 Å². The van der Waals surface area contributed by atoms with E-state index in [9.17, 15) is 23.9 Å². The molecule has 14 heteroatoms. The number of hydrogen-bond acceptors (Lipinski definition) is 12. The van der Waals surface area contributed by atoms with Crippen molar-refractivity contribution in [3.8, 4) is 34.0 Å². The third kappa shape index (κ3) is 9.72. The van der Waals surface area contributed by atoms with Gasteiger partial charge in [-0.3, -0.25) is 19.3 Å². The summed E-state index contributed by atoms with van der Waals surface area (Å²) in [5, 5.41) is 39.0. The third-order valence-electron chi connectivity index (χ3n) is 8.97. The van der Waals surface area contributed by atoms with Crippen molar-refractivity contribution >= 4 is 17.7 Å². The van der Waals surface area contributed by atoms with E-state index in [1.54, 1.807) is 32.9 Å². The predicted octanol–water partition coefficient (Wildman–Crippen LogP) is 3.70. The molecule has 13 nitrogen and oxygen atoms in total. The van der Waals surface area contributed by atoms with Crippen molar-refractivity contribution in [3.05, 3.63) is 84.2 Å². The first kappa shape index (κ1) is 39.9. The van der Waals surface area contributed by atoms with Gasteiger partial charge in [0.05, 0.1) is 25.4 Å². The smallest absolute Gasteiger partial charge is 0.324 e. The number of carboxylic acids is 1. The minimum Gasteiger partial charge on any atom is -0.480 e. The number of carbonyl (C=O) groups excluding carboxylic acids is 2. The molecule has 1 saturated heterocycles. The molecule has 278 valence electrons. The Morgan fingerprint density at radius 3 is 2.02 bits per heavy atom. The molecule has 0 unspecified atom stereocenters. The van der Waals surface area contributed by atoms with Crippen LogP contribution in [-0.2, 0) is 25.7 Å². The number of esters is 1. The van der Waals surface area contributed by atoms with E-state index in [1.807, 2.05) is 54.6 Å². The van der Waals surface area contributed by atoms with Gasteiger partial charge in [-0.05, 0) is 36.1 Å². The predicted molar refractivity (Wildman–Crippen MR) is 189 cm³/mol. The van der Waals surface area contributed by atoms with Crippen molar-refractivity contribution in [2.75, 3.05) is 39.5 Å². The first-order valence-electron chi connectivity index (χ1n) is 16.7. The number of benzene rings is 3. The molecule has 3 aromatic carbocycles. The number of aliphatic hydroxyl groups excluding tert-OH is 3. The number of Topliss-reactive ketones (excluding diaryl/α,β-unsaturated/α-hetero) is 1. The quantitative estimate of drug-likeness (QED) is 0.105. The molecule has 5 rings (SSSR count). The Morgan fingerprint density at radius 2 is 1.50 bits per heavy atom. The van der Waals surface area contributed by atoms with Crippen LogP contribution < -0.4 is 5.73 Å². The van der Waals surface area contributed by atoms with Crippen LogP contribution in [0.5, 0.6) is 0 Å². The maximum Gasteiger partial charge on any atom is 0.324 e. The minimum atomic E-state index is -1.67. The summed E-state index contributed by atoms with van der Waals surface area (Å²) in [6.07, 6.45) is 0.170. The van der Waals surface area contributed by atoms with E-state index >= 15 is 0 Å². The Bertz CT molecular complexity index is 1800. The number of ether oxygens (including phenoxy) is 1. The second-order valence-corrected chi connectivity index (χ2v) is 13.9. The standard InChI is InChI=1S/C34H34FN3O6.C4H11NO3/c1-33(2,3)28(39)21-43-32(42)34(31(40)41)15-17-38(18-16-34)20-22-9-11-24(12-10-22)29-36-30(44-37-29)25-13-14-26(27(35)19-25)23-7-5-4-6-8-23;5-4(1-6,2-7)3-8/h4-14,19H,15-18,20-21H2,1-3H3,(H,40,41);6-8H,1-3,5H2. The fourth-order valence-corrected chi connectivity index (χ4v) is 5.21. The number of nitrogens with two attached hydrogens (primary N) is 1. The largest absolute Gasteiger partial charge is 0.480 e. The highest BCUT2D eigenvalue weighted by Crippen LogP contribution is 2.35. The fourth-order valence-electron chi connectivity index (χ4n) is 5.21. The van der Waals surface area contributed by atoms with Crippen LogP contribution in [0.2, 0.25) is 0 Å². The highest BCUT2D eigenvalue weighted by atomic mass is 19.1. The summed E-state index contributed by atoms with van der Waals surface area (Å²) in [7, 11) is 0. The molecule has 0 atom stereocenters. The van der Waals surface area contributed by atoms with Gasteiger partial charge in [0.2, 0.25) is 5.82 Å². The number of halogens is 1. The van der Waals surface area contributed by atoms with Crippen molar-refractivity contribution in [1.82, 2.24) is 15.0 Å². The average Bonchev–Trinajstić information content (AvgIpc) is 3.65. The van der Waals surface area contributed by atoms with Crippen LogP contribution in [0, 0.1) is 16.6 Å². The summed E-state index contributed by atoms with van der Waals surface area (Å²) >= 11 is 0. The highest BCUT2D eigenvalue weighted by molar-refractivity contribution is 6.00. The lowest BCUT2D eigenvalue weighted by molar-refractivity contribution is -0.174. The van der Waals surface area contributed by atoms with Crippen molar-refractivity contribution in [3.63, 3.8) is 0 Å². The molecule has 2 heterocycles. The second kappa shape index (κ2) is 17.1. The van der Waals surface area contributed by atoms with Crippen molar-refractivity contribution < 1.29 is 48.5 Å². The van der Waals surface area contributed by atoms with Crippen LogP contribution in [0.4, 0.5) is 4.39 Å². The molecule has 4 aromatic rings. The highest BCUT2D eigenvalue weighted by Gasteiger charge is 2.50. The van der Waals surface area contributed by atoms with Gasteiger partial charge >= 0.3 is 11.9 Å². The van der Waals surface area contributed by atoms with Gasteiger partial charge in [0.15, 0.2) is 17.8 Å². The molecule has 0 amide bonds. The number of nitrogens with zero attached hydrogens (tertiary/aromatic N) is 3. The number of carboxylic acid groups (broad SMARTS) is 1. The summed E-state index contributed by atoms with van der Waals surface area (Å²) in [6.45, 7) is 4.82. The third-order valence-corrected chi connectivity index (χ3v) is 8.97. The lowest BCUT2D eigenvalue weighted by Gasteiger charge is -2.37. The van der Waals surface area contributed by atoms with Gasteiger partial charge in [-0.1, -0.05) is 86.6 Å². The molecular weight excluding hydrogens is 675 g/mol. The Hall–Kier alpha value is -4.86. The topological polar surface area (TPSA) is 210 Å². The molecule has 0 aliphatic carbocycles. The SMILES string of the molecule is CC(C)(C)C(=O)COC(=O)C1(C(=O)O)CCN(Cc2ccc(-c3noc(-c4ccc(-c5ccccc5)c(F)c4)n3)cc2)CC1.NC(CO)(CO)CO. The normalized spacial score (nSPS) is 14.6. The zero-order valence-corrected chi connectivity index (χ0v) is 29.4. The van der Waals surface area contributed by atoms with Gasteiger partial charge in [0.1, 0.15) is 5.82 Å². The van der Waals surface area contributed by atoms with Crippen molar-refractivity contribution in [2.45, 2.75) is 45.7 Å². The van der Waals surface area contributed by atoms with Gasteiger partial charge in [-0.2, -0.15) is 4.98 Å². The fraction of sp³-hybridized carbons (Fsp3) is 0.395. The zero-order chi connectivity index (χ0) is 38.1. The monoisotopic (exact) mass is 720 g/mol. The summed E-state index contributed by atoms with van der Waals surface area (Å²) in [5.41, 5.74) is 5.03. The van der Waals surface area contributed by atoms with Gasteiger partial charge < -0.3 is 35.4 Å². The number of likely N-dealkylation sites (tertiary alicyclic amines) is 1. The van der Waals surface area contributed by atoms with Crippen LogP contribution in [-0.4, -0.2) is 98.2 Å². The zero-order valence-electron chi connectivity index (χ0n) is 29.4. The molecule has 52 heavy (non-hydrogen) atoms. The number of aromatic nitrogens is 2. The Morgan fingerprint density at radius 1 is 0.904 bits per heavy atom. The number of hydrogen-bond donors (Lipinski definition) is 5. The summed E-state index contributed by atoms with van der Waals surface area (Å²) in [4.78, 5) is 43.6. The van der Waals surface area contributed by atoms with Crippen molar-refractivity contribution in [2.24, 2.45) is 16.6 Å². The Labute approximate surface area is 300 Å². The van der Waals surface area contributed by atoms with Gasteiger partial charge in [0.25, 0.3) is 5.89 Å². The van der Waals surface area contributed by atoms with E-state index in [1.165, 1.54) is 6.07 Å². The van der Waals surface area contributed by atoms with E-state index in [0.29, 0.717) is 36.6 Å². The van der Waals surface area contributed by atoms with Gasteiger partial charge in [-0.15, -0.1) is 0 Å². The molecular formula is C38H45FN4O9. The van der Waals surface area contributed by atoms with Crippen LogP contribution in [0.25, 0.3) is 34.0 Å². The maximum atomic E-state index is 14.9. The van der Waals surface area contributed by atoms with E-state index in [-0.39, 0.29) is 30.3 Å². The Balaban J connectivity index is 0.000000677. The molecule has 1 fully saturated rings. The van der Waals surface area contributed by atoms with Crippen LogP contribution >= 0.6 is 0 Å². The summed E-state index contributed by atoms with van der Waals surface area (Å²) < 4.78 is 25.5. The molecule has 0 radical (unpaired) electrons. The summed E-state index contributed by atoms with van der Waals surface area (Å²) in [6, 6.07) is 21.7. The number of ketones is 1. The lowest BCUT2D eigenvalue weighted by atomic mass is 9.78. The maximum absolute atomic E-state index is 14.9. The second-order valence-electron chi connectivity index (χ2n) is 13.9. The molecule has 1 aromatic heterocycles. The summed E-state index contributed by atoms with van der Waals surface area (Å²) in [5.74, 6) is -2.17. The number of carbonyl (C=O) groups is 3. The first-order valence-corrected chi connectivity index (χ1v) is 16.7. The van der Waals surface area contributed by atoms with Crippen LogP contribution in [0.15, 0.2) is 77.3 Å². The number of aliphatic carboxylic acids is 1. The number of piperidine rings is 1. The van der Waals surface area contributed by atoms with E-state index in [2.05, 4.69) is 15.0 Å². The van der Waals surface area contributed by atoms with E-state index in [0.717, 1.165) is 16.7 Å².